The van der Waals surface area contributed by atoms with Crippen LogP contribution in [0.1, 0.15) is 11.1 Å². The summed E-state index contributed by atoms with van der Waals surface area (Å²) in [6.07, 6.45) is 0.775. The fourth-order valence-electron chi connectivity index (χ4n) is 1.94. The predicted molar refractivity (Wildman–Crippen MR) is 83.3 cm³/mol. The molecule has 110 valence electrons. The molecule has 2 aromatic carbocycles. The molecule has 2 nitrogen and oxygen atoms in total. The number of nitrogens with one attached hydrogen (secondary N) is 1. The molecule has 0 atom stereocenters. The second kappa shape index (κ2) is 7.43. The zero-order chi connectivity index (χ0) is 15.2. The van der Waals surface area contributed by atoms with Crippen LogP contribution >= 0.6 is 23.2 Å². The summed E-state index contributed by atoms with van der Waals surface area (Å²) in [5.41, 5.74) is 1.57. The number of hydrogen-bond donors (Lipinski definition) is 1. The Balaban J connectivity index is 1.82. The third kappa shape index (κ3) is 5.03. The lowest BCUT2D eigenvalue weighted by molar-refractivity contribution is -0.120. The summed E-state index contributed by atoms with van der Waals surface area (Å²) < 4.78 is 13.0. The van der Waals surface area contributed by atoms with Crippen molar-refractivity contribution in [2.75, 3.05) is 6.54 Å². The highest BCUT2D eigenvalue weighted by Gasteiger charge is 2.07. The van der Waals surface area contributed by atoms with Gasteiger partial charge < -0.3 is 5.32 Å². The van der Waals surface area contributed by atoms with Gasteiger partial charge in [0.1, 0.15) is 5.82 Å². The Bertz CT molecular complexity index is 646. The largest absolute Gasteiger partial charge is 0.355 e. The van der Waals surface area contributed by atoms with E-state index in [4.69, 9.17) is 23.2 Å². The van der Waals surface area contributed by atoms with Crippen molar-refractivity contribution in [3.8, 4) is 0 Å². The van der Waals surface area contributed by atoms with Crippen LogP contribution in [0.2, 0.25) is 10.0 Å². The average Bonchev–Trinajstić information content (AvgIpc) is 2.42. The van der Waals surface area contributed by atoms with E-state index in [1.54, 1.807) is 24.3 Å². The van der Waals surface area contributed by atoms with Crippen molar-refractivity contribution in [1.29, 1.82) is 0 Å². The average molecular weight is 326 g/mol. The minimum Gasteiger partial charge on any atom is -0.355 e. The van der Waals surface area contributed by atoms with Crippen molar-refractivity contribution in [3.63, 3.8) is 0 Å². The van der Waals surface area contributed by atoms with Crippen molar-refractivity contribution in [3.05, 3.63) is 69.5 Å². The van der Waals surface area contributed by atoms with E-state index in [1.165, 1.54) is 12.1 Å². The summed E-state index contributed by atoms with van der Waals surface area (Å²) in [7, 11) is 0. The molecule has 0 aromatic heterocycles. The first-order valence-corrected chi connectivity index (χ1v) is 7.25. The van der Waals surface area contributed by atoms with Crippen molar-refractivity contribution in [2.45, 2.75) is 12.8 Å². The minimum atomic E-state index is -0.272. The van der Waals surface area contributed by atoms with Crippen LogP contribution in [-0.2, 0) is 17.6 Å². The van der Waals surface area contributed by atoms with E-state index in [0.29, 0.717) is 23.0 Å². The number of carbonyl (C=O) groups is 1. The number of carbonyl (C=O) groups excluding carboxylic acids is 1. The molecule has 1 N–H and O–H groups in total. The van der Waals surface area contributed by atoms with Gasteiger partial charge >= 0.3 is 0 Å². The summed E-state index contributed by atoms with van der Waals surface area (Å²) in [5.74, 6) is -0.401. The second-order valence-electron chi connectivity index (χ2n) is 4.64. The maximum atomic E-state index is 13.0. The van der Waals surface area contributed by atoms with Gasteiger partial charge in [-0.1, -0.05) is 41.4 Å². The Kier molecular flexibility index (Phi) is 5.59. The molecule has 2 aromatic rings. The van der Waals surface area contributed by atoms with Gasteiger partial charge in [-0.3, -0.25) is 4.79 Å². The van der Waals surface area contributed by atoms with Gasteiger partial charge in [0.15, 0.2) is 0 Å². The van der Waals surface area contributed by atoms with E-state index in [-0.39, 0.29) is 18.1 Å². The van der Waals surface area contributed by atoms with Gasteiger partial charge in [0.05, 0.1) is 6.42 Å². The third-order valence-electron chi connectivity index (χ3n) is 2.99. The molecule has 0 fully saturated rings. The molecule has 0 unspecified atom stereocenters. The van der Waals surface area contributed by atoms with E-state index in [1.807, 2.05) is 6.07 Å². The van der Waals surface area contributed by atoms with Gasteiger partial charge in [0, 0.05) is 16.6 Å². The van der Waals surface area contributed by atoms with Crippen molar-refractivity contribution in [2.24, 2.45) is 0 Å². The lowest BCUT2D eigenvalue weighted by Crippen LogP contribution is -2.27. The van der Waals surface area contributed by atoms with E-state index < -0.39 is 0 Å². The molecule has 21 heavy (non-hydrogen) atoms. The molecule has 0 bridgehead atoms. The van der Waals surface area contributed by atoms with Crippen molar-refractivity contribution in [1.82, 2.24) is 5.32 Å². The molecule has 0 aliphatic carbocycles. The maximum absolute atomic E-state index is 13.0. The highest BCUT2D eigenvalue weighted by molar-refractivity contribution is 6.35. The first kappa shape index (κ1) is 15.8. The molecule has 5 heteroatoms. The molecule has 2 rings (SSSR count). The topological polar surface area (TPSA) is 29.1 Å². The number of rotatable bonds is 5. The second-order valence-corrected chi connectivity index (χ2v) is 5.49. The molecule has 0 spiro atoms. The Morgan fingerprint density at radius 2 is 1.95 bits per heavy atom. The quantitative estimate of drug-likeness (QED) is 0.883. The summed E-state index contributed by atoms with van der Waals surface area (Å²) >= 11 is 11.8. The molecule has 0 heterocycles. The molecule has 0 aliphatic rings. The SMILES string of the molecule is O=C(Cc1ccc(Cl)cc1Cl)NCCc1cccc(F)c1. The first-order chi connectivity index (χ1) is 10.0. The monoisotopic (exact) mass is 325 g/mol. The van der Waals surface area contributed by atoms with Gasteiger partial charge in [-0.25, -0.2) is 4.39 Å². The van der Waals surface area contributed by atoms with Crippen LogP contribution in [-0.4, -0.2) is 12.5 Å². The van der Waals surface area contributed by atoms with Crippen LogP contribution in [0, 0.1) is 5.82 Å². The zero-order valence-electron chi connectivity index (χ0n) is 11.2. The fourth-order valence-corrected chi connectivity index (χ4v) is 2.41. The van der Waals surface area contributed by atoms with Crippen molar-refractivity contribution < 1.29 is 9.18 Å². The lowest BCUT2D eigenvalue weighted by atomic mass is 10.1. The van der Waals surface area contributed by atoms with Crippen LogP contribution in [0.3, 0.4) is 0 Å². The molecule has 1 amide bonds. The van der Waals surface area contributed by atoms with Crippen LogP contribution < -0.4 is 5.32 Å². The molecule has 0 saturated carbocycles. The van der Waals surface area contributed by atoms with E-state index >= 15 is 0 Å². The van der Waals surface area contributed by atoms with Gasteiger partial charge in [-0.15, -0.1) is 0 Å². The standard InChI is InChI=1S/C16H14Cl2FNO/c17-13-5-4-12(15(18)10-13)9-16(21)20-7-6-11-2-1-3-14(19)8-11/h1-5,8,10H,6-7,9H2,(H,20,21). The van der Waals surface area contributed by atoms with Crippen molar-refractivity contribution >= 4 is 29.1 Å². The number of hydrogen-bond acceptors (Lipinski definition) is 1. The van der Waals surface area contributed by atoms with Gasteiger partial charge in [-0.2, -0.15) is 0 Å². The molecule has 0 radical (unpaired) electrons. The Morgan fingerprint density at radius 1 is 1.14 bits per heavy atom. The Morgan fingerprint density at radius 3 is 2.67 bits per heavy atom. The predicted octanol–water partition coefficient (Wildman–Crippen LogP) is 4.03. The summed E-state index contributed by atoms with van der Waals surface area (Å²) in [5, 5.41) is 3.80. The van der Waals surface area contributed by atoms with E-state index in [0.717, 1.165) is 11.1 Å². The maximum Gasteiger partial charge on any atom is 0.224 e. The Hall–Kier alpha value is -1.58. The molecule has 0 saturated heterocycles. The summed E-state index contributed by atoms with van der Waals surface area (Å²) in [6.45, 7) is 0.452. The van der Waals surface area contributed by atoms with Gasteiger partial charge in [-0.05, 0) is 41.8 Å². The van der Waals surface area contributed by atoms with Gasteiger partial charge in [0.2, 0.25) is 5.91 Å². The fraction of sp³-hybridized carbons (Fsp3) is 0.188. The first-order valence-electron chi connectivity index (χ1n) is 6.49. The number of amides is 1. The highest BCUT2D eigenvalue weighted by atomic mass is 35.5. The molecule has 0 aliphatic heterocycles. The van der Waals surface area contributed by atoms with E-state index in [9.17, 15) is 9.18 Å². The smallest absolute Gasteiger partial charge is 0.224 e. The van der Waals surface area contributed by atoms with Gasteiger partial charge in [0.25, 0.3) is 0 Å². The van der Waals surface area contributed by atoms with Crippen LogP contribution in [0.25, 0.3) is 0 Å². The normalized spacial score (nSPS) is 10.4. The summed E-state index contributed by atoms with van der Waals surface area (Å²) in [6, 6.07) is 11.4. The lowest BCUT2D eigenvalue weighted by Gasteiger charge is -2.07. The van der Waals surface area contributed by atoms with E-state index in [2.05, 4.69) is 5.32 Å². The number of halogens is 3. The Labute approximate surface area is 132 Å². The van der Waals surface area contributed by atoms with Crippen LogP contribution in [0.5, 0.6) is 0 Å². The number of benzene rings is 2. The van der Waals surface area contributed by atoms with Crippen LogP contribution in [0.15, 0.2) is 42.5 Å². The zero-order valence-corrected chi connectivity index (χ0v) is 12.7. The minimum absolute atomic E-state index is 0.129. The molecular weight excluding hydrogens is 312 g/mol. The third-order valence-corrected chi connectivity index (χ3v) is 3.58. The highest BCUT2D eigenvalue weighted by Crippen LogP contribution is 2.21. The van der Waals surface area contributed by atoms with Crippen LogP contribution in [0.4, 0.5) is 4.39 Å². The molecular formula is C16H14Cl2FNO. The summed E-state index contributed by atoms with van der Waals surface area (Å²) in [4.78, 5) is 11.8.